The third-order valence-corrected chi connectivity index (χ3v) is 4.41. The zero-order valence-electron chi connectivity index (χ0n) is 13.9. The van der Waals surface area contributed by atoms with Crippen molar-refractivity contribution in [3.63, 3.8) is 0 Å². The van der Waals surface area contributed by atoms with Gasteiger partial charge in [-0.15, -0.1) is 0 Å². The van der Waals surface area contributed by atoms with E-state index < -0.39 is 11.8 Å². The van der Waals surface area contributed by atoms with Gasteiger partial charge in [0, 0.05) is 18.8 Å². The maximum absolute atomic E-state index is 13.0. The molecule has 0 N–H and O–H groups in total. The van der Waals surface area contributed by atoms with E-state index in [4.69, 9.17) is 0 Å². The minimum atomic E-state index is -0.423. The van der Waals surface area contributed by atoms with Crippen LogP contribution in [0.5, 0.6) is 0 Å². The highest BCUT2D eigenvalue weighted by Crippen LogP contribution is 2.33. The number of ketones is 1. The van der Waals surface area contributed by atoms with E-state index in [1.165, 1.54) is 13.1 Å². The van der Waals surface area contributed by atoms with Crippen LogP contribution < -0.4 is 4.90 Å². The lowest BCUT2D eigenvalue weighted by Gasteiger charge is -2.14. The molecule has 0 aliphatic carbocycles. The number of benzene rings is 1. The smallest absolute Gasteiger partial charge is 0.267 e. The Labute approximate surface area is 142 Å². The van der Waals surface area contributed by atoms with Gasteiger partial charge in [-0.3, -0.25) is 19.1 Å². The maximum Gasteiger partial charge on any atom is 0.267 e. The number of Topliss-reactive ketones (excluding diaryl/α,β-unsaturated/α-hetero) is 1. The molecule has 0 saturated carbocycles. The average molecular weight is 334 g/mol. The average Bonchev–Trinajstić information content (AvgIpc) is 3.02. The molecule has 0 bridgehead atoms. The SMILES string of the molecule is CC(=O)c1ccc(N2C(=O)c3cnc4c(c(C)nn4C)c3C2=O)cc1. The Hall–Kier alpha value is -3.35. The van der Waals surface area contributed by atoms with Crippen LogP contribution in [0.2, 0.25) is 0 Å². The first kappa shape index (κ1) is 15.2. The fourth-order valence-electron chi connectivity index (χ4n) is 3.20. The van der Waals surface area contributed by atoms with Crippen LogP contribution in [-0.2, 0) is 7.05 Å². The van der Waals surface area contributed by atoms with Crippen molar-refractivity contribution < 1.29 is 14.4 Å². The lowest BCUT2D eigenvalue weighted by Crippen LogP contribution is -2.29. The highest BCUT2D eigenvalue weighted by molar-refractivity contribution is 6.37. The summed E-state index contributed by atoms with van der Waals surface area (Å²) in [5.74, 6) is -0.905. The molecule has 2 amide bonds. The van der Waals surface area contributed by atoms with Gasteiger partial charge in [0.25, 0.3) is 11.8 Å². The molecule has 3 aromatic rings. The molecule has 25 heavy (non-hydrogen) atoms. The molecular formula is C18H14N4O3. The Morgan fingerprint density at radius 1 is 1.08 bits per heavy atom. The number of imide groups is 1. The molecule has 1 aliphatic heterocycles. The van der Waals surface area contributed by atoms with E-state index in [9.17, 15) is 14.4 Å². The van der Waals surface area contributed by atoms with E-state index >= 15 is 0 Å². The number of rotatable bonds is 2. The van der Waals surface area contributed by atoms with Crippen LogP contribution in [0.1, 0.15) is 43.7 Å². The first-order chi connectivity index (χ1) is 11.9. The quantitative estimate of drug-likeness (QED) is 0.530. The number of fused-ring (bicyclic) bond motifs is 3. The second-order valence-electron chi connectivity index (χ2n) is 6.00. The van der Waals surface area contributed by atoms with Crippen molar-refractivity contribution in [2.24, 2.45) is 7.05 Å². The fourth-order valence-corrected chi connectivity index (χ4v) is 3.20. The van der Waals surface area contributed by atoms with Gasteiger partial charge in [0.1, 0.15) is 0 Å². The van der Waals surface area contributed by atoms with Crippen molar-refractivity contribution in [1.82, 2.24) is 14.8 Å². The summed E-state index contributed by atoms with van der Waals surface area (Å²) >= 11 is 0. The van der Waals surface area contributed by atoms with Gasteiger partial charge in [-0.1, -0.05) is 0 Å². The predicted molar refractivity (Wildman–Crippen MR) is 90.8 cm³/mol. The zero-order valence-corrected chi connectivity index (χ0v) is 13.9. The molecule has 1 aliphatic rings. The summed E-state index contributed by atoms with van der Waals surface area (Å²) in [6.07, 6.45) is 1.42. The van der Waals surface area contributed by atoms with Crippen molar-refractivity contribution in [3.8, 4) is 0 Å². The molecule has 0 fully saturated rings. The number of aryl methyl sites for hydroxylation is 2. The maximum atomic E-state index is 13.0. The second-order valence-corrected chi connectivity index (χ2v) is 6.00. The van der Waals surface area contributed by atoms with E-state index in [-0.39, 0.29) is 11.3 Å². The highest BCUT2D eigenvalue weighted by Gasteiger charge is 2.39. The van der Waals surface area contributed by atoms with Gasteiger partial charge in [-0.05, 0) is 38.1 Å². The van der Waals surface area contributed by atoms with E-state index in [1.54, 1.807) is 42.9 Å². The third-order valence-electron chi connectivity index (χ3n) is 4.41. The van der Waals surface area contributed by atoms with Gasteiger partial charge < -0.3 is 0 Å². The summed E-state index contributed by atoms with van der Waals surface area (Å²) in [5, 5.41) is 4.89. The van der Waals surface area contributed by atoms with Crippen LogP contribution in [0.25, 0.3) is 11.0 Å². The number of nitrogens with zero attached hydrogens (tertiary/aromatic N) is 4. The van der Waals surface area contributed by atoms with E-state index in [2.05, 4.69) is 10.1 Å². The zero-order chi connectivity index (χ0) is 17.9. The minimum Gasteiger partial charge on any atom is -0.295 e. The molecule has 0 atom stereocenters. The Kier molecular flexibility index (Phi) is 3.08. The molecule has 4 rings (SSSR count). The molecule has 0 saturated heterocycles. The molecule has 7 heteroatoms. The van der Waals surface area contributed by atoms with Crippen molar-refractivity contribution in [3.05, 3.63) is 52.8 Å². The number of carbonyl (C=O) groups excluding carboxylic acids is 3. The van der Waals surface area contributed by atoms with Crippen molar-refractivity contribution in [1.29, 1.82) is 0 Å². The highest BCUT2D eigenvalue weighted by atomic mass is 16.2. The molecule has 0 radical (unpaired) electrons. The monoisotopic (exact) mass is 334 g/mol. The van der Waals surface area contributed by atoms with Gasteiger partial charge in [-0.25, -0.2) is 9.88 Å². The van der Waals surface area contributed by atoms with E-state index in [1.807, 2.05) is 0 Å². The normalized spacial score (nSPS) is 13.6. The van der Waals surface area contributed by atoms with Gasteiger partial charge in [-0.2, -0.15) is 5.10 Å². The summed E-state index contributed by atoms with van der Waals surface area (Å²) in [6.45, 7) is 3.25. The van der Waals surface area contributed by atoms with Crippen molar-refractivity contribution in [2.75, 3.05) is 4.90 Å². The number of aromatic nitrogens is 3. The standard InChI is InChI=1S/C18H14N4O3/c1-9-14-15-13(8-19-16(14)21(3)20-9)17(24)22(18(15)25)12-6-4-11(5-7-12)10(2)23/h4-8H,1-3H3. The largest absolute Gasteiger partial charge is 0.295 e. The lowest BCUT2D eigenvalue weighted by molar-refractivity contribution is 0.0925. The number of pyridine rings is 1. The van der Waals surface area contributed by atoms with Gasteiger partial charge in [0.05, 0.1) is 27.9 Å². The van der Waals surface area contributed by atoms with Gasteiger partial charge in [0.15, 0.2) is 11.4 Å². The molecule has 3 heterocycles. The molecule has 124 valence electrons. The summed E-state index contributed by atoms with van der Waals surface area (Å²) < 4.78 is 1.59. The number of anilines is 1. The molecule has 7 nitrogen and oxygen atoms in total. The number of hydrogen-bond acceptors (Lipinski definition) is 5. The summed E-state index contributed by atoms with van der Waals surface area (Å²) in [6, 6.07) is 6.40. The Morgan fingerprint density at radius 3 is 2.40 bits per heavy atom. The van der Waals surface area contributed by atoms with Gasteiger partial charge >= 0.3 is 0 Å². The second kappa shape index (κ2) is 5.07. The van der Waals surface area contributed by atoms with Crippen LogP contribution in [0.4, 0.5) is 5.69 Å². The third kappa shape index (κ3) is 2.02. The minimum absolute atomic E-state index is 0.0780. The van der Waals surface area contributed by atoms with Crippen LogP contribution in [0.3, 0.4) is 0 Å². The first-order valence-electron chi connectivity index (χ1n) is 7.72. The van der Waals surface area contributed by atoms with Crippen LogP contribution in [0.15, 0.2) is 30.5 Å². The van der Waals surface area contributed by atoms with Gasteiger partial charge in [0.2, 0.25) is 0 Å². The number of hydrogen-bond donors (Lipinski definition) is 0. The molecule has 1 aromatic carbocycles. The molecule has 0 spiro atoms. The summed E-state index contributed by atoms with van der Waals surface area (Å²) in [4.78, 5) is 42.5. The van der Waals surface area contributed by atoms with Crippen molar-refractivity contribution >= 4 is 34.3 Å². The Morgan fingerprint density at radius 2 is 1.76 bits per heavy atom. The van der Waals surface area contributed by atoms with Crippen LogP contribution in [-0.4, -0.2) is 32.4 Å². The fraction of sp³-hybridized carbons (Fsp3) is 0.167. The van der Waals surface area contributed by atoms with Crippen molar-refractivity contribution in [2.45, 2.75) is 13.8 Å². The predicted octanol–water partition coefficient (Wildman–Crippen LogP) is 2.28. The molecule has 0 unspecified atom stereocenters. The summed E-state index contributed by atoms with van der Waals surface area (Å²) in [7, 11) is 1.74. The first-order valence-corrected chi connectivity index (χ1v) is 7.72. The Bertz CT molecular complexity index is 1080. The molecule has 2 aromatic heterocycles. The van der Waals surface area contributed by atoms with Crippen LogP contribution in [0, 0.1) is 6.92 Å². The van der Waals surface area contributed by atoms with Crippen LogP contribution >= 0.6 is 0 Å². The number of amides is 2. The topological polar surface area (TPSA) is 85.2 Å². The number of carbonyl (C=O) groups is 3. The molecular weight excluding hydrogens is 320 g/mol. The van der Waals surface area contributed by atoms with E-state index in [0.717, 1.165) is 4.90 Å². The summed E-state index contributed by atoms with van der Waals surface area (Å²) in [5.41, 5.74) is 2.75. The Balaban J connectivity index is 1.88. The van der Waals surface area contributed by atoms with E-state index in [0.29, 0.717) is 33.5 Å². The lowest BCUT2D eigenvalue weighted by atomic mass is 10.1.